The molecule has 0 unspecified atom stereocenters. The van der Waals surface area contributed by atoms with E-state index in [0.29, 0.717) is 0 Å². The predicted molar refractivity (Wildman–Crippen MR) is 77.4 cm³/mol. The number of anilines is 1. The number of furan rings is 1. The SMILES string of the molecule is Cc1cc(NCCc2cc3ccccc3o2)ccn1. The summed E-state index contributed by atoms with van der Waals surface area (Å²) in [7, 11) is 0. The van der Waals surface area contributed by atoms with Gasteiger partial charge in [-0.25, -0.2) is 0 Å². The summed E-state index contributed by atoms with van der Waals surface area (Å²) >= 11 is 0. The molecule has 1 aromatic carbocycles. The highest BCUT2D eigenvalue weighted by Crippen LogP contribution is 2.19. The van der Waals surface area contributed by atoms with E-state index in [-0.39, 0.29) is 0 Å². The Labute approximate surface area is 112 Å². The van der Waals surface area contributed by atoms with Gasteiger partial charge in [0.25, 0.3) is 0 Å². The van der Waals surface area contributed by atoms with Crippen LogP contribution in [0.1, 0.15) is 11.5 Å². The number of pyridine rings is 1. The molecule has 0 saturated carbocycles. The average molecular weight is 252 g/mol. The first kappa shape index (κ1) is 11.8. The van der Waals surface area contributed by atoms with E-state index in [2.05, 4.69) is 22.4 Å². The lowest BCUT2D eigenvalue weighted by molar-refractivity contribution is 0.553. The van der Waals surface area contributed by atoms with E-state index in [1.54, 1.807) is 0 Å². The Bertz CT molecular complexity index is 655. The Hall–Kier alpha value is -2.29. The van der Waals surface area contributed by atoms with Crippen molar-refractivity contribution in [1.82, 2.24) is 4.98 Å². The number of para-hydroxylation sites is 1. The van der Waals surface area contributed by atoms with E-state index < -0.39 is 0 Å². The summed E-state index contributed by atoms with van der Waals surface area (Å²) in [4.78, 5) is 4.18. The van der Waals surface area contributed by atoms with Crippen LogP contribution in [0.5, 0.6) is 0 Å². The first-order valence-corrected chi connectivity index (χ1v) is 6.45. The van der Waals surface area contributed by atoms with Crippen molar-refractivity contribution in [3.05, 3.63) is 60.1 Å². The first-order valence-electron chi connectivity index (χ1n) is 6.45. The van der Waals surface area contributed by atoms with Gasteiger partial charge < -0.3 is 9.73 Å². The minimum absolute atomic E-state index is 0.850. The van der Waals surface area contributed by atoms with E-state index in [4.69, 9.17) is 4.42 Å². The highest BCUT2D eigenvalue weighted by molar-refractivity contribution is 5.77. The normalized spacial score (nSPS) is 10.8. The van der Waals surface area contributed by atoms with Crippen molar-refractivity contribution in [1.29, 1.82) is 0 Å². The summed E-state index contributed by atoms with van der Waals surface area (Å²) in [5, 5.41) is 4.54. The zero-order valence-electron chi connectivity index (χ0n) is 10.9. The lowest BCUT2D eigenvalue weighted by Gasteiger charge is -2.05. The zero-order valence-corrected chi connectivity index (χ0v) is 10.9. The van der Waals surface area contributed by atoms with E-state index in [9.17, 15) is 0 Å². The van der Waals surface area contributed by atoms with Crippen LogP contribution in [0.2, 0.25) is 0 Å². The van der Waals surface area contributed by atoms with E-state index in [0.717, 1.165) is 41.1 Å². The molecule has 0 aliphatic rings. The summed E-state index contributed by atoms with van der Waals surface area (Å²) < 4.78 is 5.78. The fourth-order valence-corrected chi connectivity index (χ4v) is 2.15. The van der Waals surface area contributed by atoms with Gasteiger partial charge in [-0.15, -0.1) is 0 Å². The number of rotatable bonds is 4. The second-order valence-corrected chi connectivity index (χ2v) is 4.61. The van der Waals surface area contributed by atoms with Gasteiger partial charge in [0.2, 0.25) is 0 Å². The topological polar surface area (TPSA) is 38.1 Å². The van der Waals surface area contributed by atoms with Gasteiger partial charge in [-0.1, -0.05) is 18.2 Å². The standard InChI is InChI=1S/C16H16N2O/c1-12-10-14(6-8-17-12)18-9-7-15-11-13-4-2-3-5-16(13)19-15/h2-6,8,10-11H,7,9H2,1H3,(H,17,18). The molecule has 96 valence electrons. The van der Waals surface area contributed by atoms with Crippen LogP contribution in [0.3, 0.4) is 0 Å². The molecule has 3 aromatic rings. The molecule has 0 fully saturated rings. The Morgan fingerprint density at radius 3 is 2.89 bits per heavy atom. The van der Waals surface area contributed by atoms with Crippen LogP contribution in [0.15, 0.2) is 53.1 Å². The molecule has 3 nitrogen and oxygen atoms in total. The smallest absolute Gasteiger partial charge is 0.134 e. The highest BCUT2D eigenvalue weighted by Gasteiger charge is 2.02. The number of hydrogen-bond donors (Lipinski definition) is 1. The second kappa shape index (κ2) is 5.14. The third kappa shape index (κ3) is 2.76. The van der Waals surface area contributed by atoms with Crippen LogP contribution in [-0.2, 0) is 6.42 Å². The molecule has 3 heteroatoms. The monoisotopic (exact) mass is 252 g/mol. The van der Waals surface area contributed by atoms with E-state index >= 15 is 0 Å². The Morgan fingerprint density at radius 1 is 1.16 bits per heavy atom. The largest absolute Gasteiger partial charge is 0.461 e. The van der Waals surface area contributed by atoms with E-state index in [1.165, 1.54) is 0 Å². The molecule has 0 spiro atoms. The quantitative estimate of drug-likeness (QED) is 0.767. The molecular weight excluding hydrogens is 236 g/mol. The van der Waals surface area contributed by atoms with Gasteiger partial charge in [0.05, 0.1) is 0 Å². The van der Waals surface area contributed by atoms with Crippen LogP contribution in [0.4, 0.5) is 5.69 Å². The molecule has 0 aliphatic carbocycles. The fourth-order valence-electron chi connectivity index (χ4n) is 2.15. The van der Waals surface area contributed by atoms with Crippen molar-refractivity contribution in [2.75, 3.05) is 11.9 Å². The van der Waals surface area contributed by atoms with Gasteiger partial charge >= 0.3 is 0 Å². The van der Waals surface area contributed by atoms with Crippen LogP contribution in [0.25, 0.3) is 11.0 Å². The molecule has 0 aliphatic heterocycles. The van der Waals surface area contributed by atoms with Crippen molar-refractivity contribution in [2.24, 2.45) is 0 Å². The first-order chi connectivity index (χ1) is 9.31. The molecular formula is C16H16N2O. The minimum atomic E-state index is 0.850. The number of nitrogens with zero attached hydrogens (tertiary/aromatic N) is 1. The minimum Gasteiger partial charge on any atom is -0.461 e. The van der Waals surface area contributed by atoms with Crippen molar-refractivity contribution >= 4 is 16.7 Å². The molecule has 1 N–H and O–H groups in total. The molecule has 2 aromatic heterocycles. The zero-order chi connectivity index (χ0) is 13.1. The number of aryl methyl sites for hydroxylation is 1. The summed E-state index contributed by atoms with van der Waals surface area (Å²) in [5.41, 5.74) is 3.08. The molecule has 0 saturated heterocycles. The van der Waals surface area contributed by atoms with Gasteiger partial charge in [0.15, 0.2) is 0 Å². The van der Waals surface area contributed by atoms with Crippen LogP contribution >= 0.6 is 0 Å². The maximum Gasteiger partial charge on any atom is 0.134 e. The number of fused-ring (bicyclic) bond motifs is 1. The molecule has 19 heavy (non-hydrogen) atoms. The maximum atomic E-state index is 5.78. The van der Waals surface area contributed by atoms with Gasteiger partial charge in [0, 0.05) is 35.9 Å². The Morgan fingerprint density at radius 2 is 2.05 bits per heavy atom. The van der Waals surface area contributed by atoms with E-state index in [1.807, 2.05) is 43.5 Å². The van der Waals surface area contributed by atoms with Crippen molar-refractivity contribution < 1.29 is 4.42 Å². The van der Waals surface area contributed by atoms with Gasteiger partial charge in [-0.3, -0.25) is 4.98 Å². The summed E-state index contributed by atoms with van der Waals surface area (Å²) in [5.74, 6) is 1.01. The molecule has 3 rings (SSSR count). The Kier molecular flexibility index (Phi) is 3.19. The van der Waals surface area contributed by atoms with Crippen LogP contribution in [-0.4, -0.2) is 11.5 Å². The lowest BCUT2D eigenvalue weighted by atomic mass is 10.2. The van der Waals surface area contributed by atoms with Gasteiger partial charge in [-0.2, -0.15) is 0 Å². The molecule has 0 atom stereocenters. The number of nitrogens with one attached hydrogen (secondary N) is 1. The maximum absolute atomic E-state index is 5.78. The summed E-state index contributed by atoms with van der Waals surface area (Å²) in [6.45, 7) is 2.84. The van der Waals surface area contributed by atoms with Crippen molar-refractivity contribution in [3.63, 3.8) is 0 Å². The van der Waals surface area contributed by atoms with Crippen LogP contribution in [0, 0.1) is 6.92 Å². The fraction of sp³-hybridized carbons (Fsp3) is 0.188. The van der Waals surface area contributed by atoms with Gasteiger partial charge in [-0.05, 0) is 31.2 Å². The lowest BCUT2D eigenvalue weighted by Crippen LogP contribution is -2.04. The molecule has 0 amide bonds. The highest BCUT2D eigenvalue weighted by atomic mass is 16.3. The number of benzene rings is 1. The Balaban J connectivity index is 1.63. The molecule has 0 bridgehead atoms. The van der Waals surface area contributed by atoms with Gasteiger partial charge in [0.1, 0.15) is 11.3 Å². The van der Waals surface area contributed by atoms with Crippen LogP contribution < -0.4 is 5.32 Å². The average Bonchev–Trinajstić information content (AvgIpc) is 2.81. The second-order valence-electron chi connectivity index (χ2n) is 4.61. The third-order valence-corrected chi connectivity index (χ3v) is 3.07. The predicted octanol–water partition coefficient (Wildman–Crippen LogP) is 3.79. The third-order valence-electron chi connectivity index (χ3n) is 3.07. The molecule has 0 radical (unpaired) electrons. The number of hydrogen-bond acceptors (Lipinski definition) is 3. The number of aromatic nitrogens is 1. The van der Waals surface area contributed by atoms with Crippen molar-refractivity contribution in [3.8, 4) is 0 Å². The van der Waals surface area contributed by atoms with Crippen molar-refractivity contribution in [2.45, 2.75) is 13.3 Å². The molecule has 2 heterocycles. The summed E-state index contributed by atoms with van der Waals surface area (Å²) in [6, 6.07) is 14.2. The summed E-state index contributed by atoms with van der Waals surface area (Å²) in [6.07, 6.45) is 2.69.